The summed E-state index contributed by atoms with van der Waals surface area (Å²) in [4.78, 5) is 15.1. The first-order chi connectivity index (χ1) is 9.24. The lowest BCUT2D eigenvalue weighted by Gasteiger charge is -2.10. The van der Waals surface area contributed by atoms with E-state index in [0.29, 0.717) is 12.1 Å². The first kappa shape index (κ1) is 13.1. The molecule has 0 saturated carbocycles. The molecule has 2 aromatic rings. The van der Waals surface area contributed by atoms with E-state index >= 15 is 0 Å². The fraction of sp³-hybridized carbons (Fsp3) is 0.200. The number of aryl methyl sites for hydroxylation is 1. The van der Waals surface area contributed by atoms with Crippen molar-refractivity contribution in [3.8, 4) is 5.75 Å². The smallest absolute Gasteiger partial charge is 0.152 e. The number of carbonyl (C=O) groups is 1. The van der Waals surface area contributed by atoms with Gasteiger partial charge in [0.15, 0.2) is 6.29 Å². The number of aromatic nitrogens is 1. The van der Waals surface area contributed by atoms with Gasteiger partial charge in [0.2, 0.25) is 0 Å². The Morgan fingerprint density at radius 2 is 2.00 bits per heavy atom. The van der Waals surface area contributed by atoms with Gasteiger partial charge in [-0.1, -0.05) is 12.1 Å². The number of ether oxygens (including phenoxy) is 1. The number of nitrogens with one attached hydrogen (secondary N) is 1. The predicted octanol–water partition coefficient (Wildman–Crippen LogP) is 2.82. The maximum Gasteiger partial charge on any atom is 0.152 e. The van der Waals surface area contributed by atoms with E-state index in [1.807, 2.05) is 31.2 Å². The molecule has 0 radical (unpaired) electrons. The minimum absolute atomic E-state index is 0.635. The first-order valence-corrected chi connectivity index (χ1v) is 6.01. The van der Waals surface area contributed by atoms with Crippen LogP contribution in [-0.2, 0) is 6.54 Å². The number of rotatable bonds is 5. The number of hydrogen-bond acceptors (Lipinski definition) is 4. The molecule has 0 aliphatic rings. The van der Waals surface area contributed by atoms with E-state index in [0.717, 1.165) is 28.8 Å². The SMILES string of the molecule is COc1ccc(CNc2cncc(C)c2C=O)cc1. The van der Waals surface area contributed by atoms with Crippen LogP contribution in [0.5, 0.6) is 5.75 Å². The average molecular weight is 256 g/mol. The Kier molecular flexibility index (Phi) is 4.13. The standard InChI is InChI=1S/C15H16N2O2/c1-11-7-16-9-15(14(11)10-18)17-8-12-3-5-13(19-2)6-4-12/h3-7,9-10,17H,8H2,1-2H3. The molecule has 2 rings (SSSR count). The highest BCUT2D eigenvalue weighted by Crippen LogP contribution is 2.17. The zero-order valence-electron chi connectivity index (χ0n) is 11.0. The second-order valence-corrected chi connectivity index (χ2v) is 4.24. The van der Waals surface area contributed by atoms with Gasteiger partial charge in [0.25, 0.3) is 0 Å². The van der Waals surface area contributed by atoms with Gasteiger partial charge in [-0.05, 0) is 30.2 Å². The van der Waals surface area contributed by atoms with Crippen LogP contribution in [0.4, 0.5) is 5.69 Å². The molecule has 0 atom stereocenters. The molecule has 0 amide bonds. The van der Waals surface area contributed by atoms with Crippen molar-refractivity contribution in [2.45, 2.75) is 13.5 Å². The van der Waals surface area contributed by atoms with Crippen molar-refractivity contribution in [1.82, 2.24) is 4.98 Å². The van der Waals surface area contributed by atoms with E-state index in [-0.39, 0.29) is 0 Å². The number of carbonyl (C=O) groups excluding carboxylic acids is 1. The van der Waals surface area contributed by atoms with Crippen molar-refractivity contribution >= 4 is 12.0 Å². The highest BCUT2D eigenvalue weighted by atomic mass is 16.5. The number of anilines is 1. The van der Waals surface area contributed by atoms with Crippen molar-refractivity contribution < 1.29 is 9.53 Å². The number of pyridine rings is 1. The topological polar surface area (TPSA) is 51.2 Å². The average Bonchev–Trinajstić information content (AvgIpc) is 2.45. The summed E-state index contributed by atoms with van der Waals surface area (Å²) in [5.74, 6) is 0.828. The van der Waals surface area contributed by atoms with Crippen LogP contribution in [0.2, 0.25) is 0 Å². The number of hydrogen-bond donors (Lipinski definition) is 1. The van der Waals surface area contributed by atoms with E-state index in [4.69, 9.17) is 4.74 Å². The molecule has 1 heterocycles. The number of methoxy groups -OCH3 is 1. The second kappa shape index (κ2) is 6.00. The Morgan fingerprint density at radius 1 is 1.26 bits per heavy atom. The van der Waals surface area contributed by atoms with Gasteiger partial charge >= 0.3 is 0 Å². The van der Waals surface area contributed by atoms with Gasteiger partial charge in [-0.3, -0.25) is 9.78 Å². The summed E-state index contributed by atoms with van der Waals surface area (Å²) in [6.45, 7) is 2.51. The summed E-state index contributed by atoms with van der Waals surface area (Å²) >= 11 is 0. The highest BCUT2D eigenvalue weighted by Gasteiger charge is 2.04. The molecule has 1 aromatic carbocycles. The second-order valence-electron chi connectivity index (χ2n) is 4.24. The van der Waals surface area contributed by atoms with Crippen molar-refractivity contribution in [2.75, 3.05) is 12.4 Å². The van der Waals surface area contributed by atoms with Gasteiger partial charge in [-0.2, -0.15) is 0 Å². The molecule has 98 valence electrons. The van der Waals surface area contributed by atoms with Gasteiger partial charge in [0.1, 0.15) is 5.75 Å². The van der Waals surface area contributed by atoms with Crippen LogP contribution in [-0.4, -0.2) is 18.4 Å². The highest BCUT2D eigenvalue weighted by molar-refractivity contribution is 5.85. The molecular formula is C15H16N2O2. The molecule has 1 aromatic heterocycles. The lowest BCUT2D eigenvalue weighted by Crippen LogP contribution is -2.04. The molecular weight excluding hydrogens is 240 g/mol. The van der Waals surface area contributed by atoms with E-state index in [9.17, 15) is 4.79 Å². The van der Waals surface area contributed by atoms with Crippen molar-refractivity contribution in [1.29, 1.82) is 0 Å². The van der Waals surface area contributed by atoms with Gasteiger partial charge in [0.05, 0.1) is 19.0 Å². The van der Waals surface area contributed by atoms with Crippen LogP contribution >= 0.6 is 0 Å². The zero-order valence-corrected chi connectivity index (χ0v) is 11.0. The summed E-state index contributed by atoms with van der Waals surface area (Å²) < 4.78 is 5.11. The molecule has 0 spiro atoms. The minimum atomic E-state index is 0.635. The number of aldehydes is 1. The molecule has 0 aliphatic heterocycles. The third kappa shape index (κ3) is 3.10. The zero-order chi connectivity index (χ0) is 13.7. The molecule has 0 saturated heterocycles. The molecule has 4 nitrogen and oxygen atoms in total. The molecule has 19 heavy (non-hydrogen) atoms. The van der Waals surface area contributed by atoms with Gasteiger partial charge in [-0.25, -0.2) is 0 Å². The Balaban J connectivity index is 2.09. The summed E-state index contributed by atoms with van der Waals surface area (Å²) in [6.07, 6.45) is 4.20. The van der Waals surface area contributed by atoms with E-state index < -0.39 is 0 Å². The van der Waals surface area contributed by atoms with Crippen LogP contribution in [0.25, 0.3) is 0 Å². The molecule has 0 bridgehead atoms. The predicted molar refractivity (Wildman–Crippen MR) is 74.7 cm³/mol. The molecule has 0 aliphatic carbocycles. The Morgan fingerprint density at radius 3 is 2.63 bits per heavy atom. The summed E-state index contributed by atoms with van der Waals surface area (Å²) in [6, 6.07) is 7.78. The maximum absolute atomic E-state index is 11.1. The molecule has 0 fully saturated rings. The van der Waals surface area contributed by atoms with Crippen LogP contribution < -0.4 is 10.1 Å². The Hall–Kier alpha value is -2.36. The van der Waals surface area contributed by atoms with Crippen molar-refractivity contribution in [3.63, 3.8) is 0 Å². The lowest BCUT2D eigenvalue weighted by molar-refractivity contribution is 0.112. The van der Waals surface area contributed by atoms with Gasteiger partial charge < -0.3 is 10.1 Å². The fourth-order valence-electron chi connectivity index (χ4n) is 1.81. The minimum Gasteiger partial charge on any atom is -0.497 e. The molecule has 0 unspecified atom stereocenters. The summed E-state index contributed by atoms with van der Waals surface area (Å²) in [7, 11) is 1.64. The molecule has 4 heteroatoms. The van der Waals surface area contributed by atoms with Crippen LogP contribution in [0.3, 0.4) is 0 Å². The summed E-state index contributed by atoms with van der Waals surface area (Å²) in [5, 5.41) is 3.22. The Labute approximate surface area is 112 Å². The van der Waals surface area contributed by atoms with Crippen LogP contribution in [0.1, 0.15) is 21.5 Å². The largest absolute Gasteiger partial charge is 0.497 e. The van der Waals surface area contributed by atoms with E-state index in [1.165, 1.54) is 0 Å². The van der Waals surface area contributed by atoms with Gasteiger partial charge in [0, 0.05) is 18.3 Å². The Bertz CT molecular complexity index is 565. The van der Waals surface area contributed by atoms with E-state index in [1.54, 1.807) is 19.5 Å². The monoisotopic (exact) mass is 256 g/mol. The number of nitrogens with zero attached hydrogens (tertiary/aromatic N) is 1. The quantitative estimate of drug-likeness (QED) is 0.836. The summed E-state index contributed by atoms with van der Waals surface area (Å²) in [5.41, 5.74) is 3.39. The lowest BCUT2D eigenvalue weighted by atomic mass is 10.1. The van der Waals surface area contributed by atoms with Gasteiger partial charge in [-0.15, -0.1) is 0 Å². The van der Waals surface area contributed by atoms with Crippen LogP contribution in [0.15, 0.2) is 36.7 Å². The van der Waals surface area contributed by atoms with E-state index in [2.05, 4.69) is 10.3 Å². The van der Waals surface area contributed by atoms with Crippen molar-refractivity contribution in [2.24, 2.45) is 0 Å². The van der Waals surface area contributed by atoms with Crippen LogP contribution in [0, 0.1) is 6.92 Å². The normalized spacial score (nSPS) is 10.0. The third-order valence-corrected chi connectivity index (χ3v) is 2.95. The third-order valence-electron chi connectivity index (χ3n) is 2.95. The first-order valence-electron chi connectivity index (χ1n) is 6.01. The van der Waals surface area contributed by atoms with Crippen molar-refractivity contribution in [3.05, 3.63) is 53.3 Å². The molecule has 1 N–H and O–H groups in total. The number of benzene rings is 1. The maximum atomic E-state index is 11.1. The fourth-order valence-corrected chi connectivity index (χ4v) is 1.81.